The van der Waals surface area contributed by atoms with Gasteiger partial charge in [-0.2, -0.15) is 0 Å². The molecule has 0 atom stereocenters. The van der Waals surface area contributed by atoms with Crippen LogP contribution in [0, 0.1) is 0 Å². The minimum atomic E-state index is -0.0975. The van der Waals surface area contributed by atoms with Crippen molar-refractivity contribution in [2.24, 2.45) is 0 Å². The second kappa shape index (κ2) is 4.09. The van der Waals surface area contributed by atoms with Crippen molar-refractivity contribution in [3.8, 4) is 11.5 Å². The molecule has 0 aliphatic heterocycles. The lowest BCUT2D eigenvalue weighted by molar-refractivity contribution is 0.406. The topological polar surface area (TPSA) is 40.5 Å². The van der Waals surface area contributed by atoms with Crippen LogP contribution in [-0.2, 0) is 0 Å². The highest BCUT2D eigenvalue weighted by atomic mass is 16.3. The summed E-state index contributed by atoms with van der Waals surface area (Å²) in [7, 11) is 1.81. The summed E-state index contributed by atoms with van der Waals surface area (Å²) >= 11 is 0. The third-order valence-electron chi connectivity index (χ3n) is 2.17. The lowest BCUT2D eigenvalue weighted by Gasteiger charge is -2.04. The smallest absolute Gasteiger partial charge is 0.196 e. The Morgan fingerprint density at radius 1 is 0.800 bits per heavy atom. The second-order valence-electron chi connectivity index (χ2n) is 3.27. The minimum absolute atomic E-state index is 0.0821. The van der Waals surface area contributed by atoms with Crippen LogP contribution in [0.4, 0.5) is 0 Å². The van der Waals surface area contributed by atoms with Gasteiger partial charge in [-0.3, -0.25) is 0 Å². The molecule has 0 aliphatic carbocycles. The maximum atomic E-state index is 9.58. The van der Waals surface area contributed by atoms with Crippen molar-refractivity contribution < 1.29 is 10.2 Å². The van der Waals surface area contributed by atoms with Crippen LogP contribution < -0.4 is 10.9 Å². The Morgan fingerprint density at radius 2 is 1.53 bits per heavy atom. The van der Waals surface area contributed by atoms with E-state index in [1.807, 2.05) is 37.6 Å². The molecule has 0 bridgehead atoms. The molecule has 15 heavy (non-hydrogen) atoms. The van der Waals surface area contributed by atoms with Crippen LogP contribution in [0.15, 0.2) is 48.5 Å². The van der Waals surface area contributed by atoms with Gasteiger partial charge in [-0.1, -0.05) is 47.9 Å². The van der Waals surface area contributed by atoms with Crippen molar-refractivity contribution in [3.63, 3.8) is 0 Å². The molecule has 1 radical (unpaired) electrons. The number of aromatic hydroxyl groups is 2. The number of phenolic OH excluding ortho intramolecular Hbond substituents is 2. The first kappa shape index (κ1) is 9.65. The lowest BCUT2D eigenvalue weighted by Crippen LogP contribution is -2.26. The normalized spacial score (nSPS) is 9.87. The third kappa shape index (κ3) is 2.13. The van der Waals surface area contributed by atoms with Crippen molar-refractivity contribution in [2.45, 2.75) is 0 Å². The van der Waals surface area contributed by atoms with Crippen LogP contribution in [0.25, 0.3) is 0 Å². The Bertz CT molecular complexity index is 454. The van der Waals surface area contributed by atoms with Gasteiger partial charge in [0.25, 0.3) is 0 Å². The van der Waals surface area contributed by atoms with Gasteiger partial charge in [0.15, 0.2) is 18.8 Å². The molecule has 2 rings (SSSR count). The molecule has 0 fully saturated rings. The molecule has 0 heterocycles. The Labute approximate surface area is 89.1 Å². The highest BCUT2D eigenvalue weighted by Gasteiger charge is 2.07. The summed E-state index contributed by atoms with van der Waals surface area (Å²) in [6.07, 6.45) is 0. The van der Waals surface area contributed by atoms with Crippen LogP contribution >= 0.6 is 0 Å². The van der Waals surface area contributed by atoms with E-state index in [9.17, 15) is 10.2 Å². The molecule has 73 valence electrons. The monoisotopic (exact) mass is 197 g/mol. The van der Waals surface area contributed by atoms with E-state index in [2.05, 4.69) is 0 Å². The molecule has 0 aromatic heterocycles. The molecule has 2 aromatic carbocycles. The fraction of sp³-hybridized carbons (Fsp3) is 0. The average molecular weight is 197 g/mol. The highest BCUT2D eigenvalue weighted by molar-refractivity contribution is 6.68. The lowest BCUT2D eigenvalue weighted by atomic mass is 9.63. The SMILES string of the molecule is Oc1cccc([B]c2ccccc2)c1O. The van der Waals surface area contributed by atoms with Gasteiger partial charge in [0.2, 0.25) is 0 Å². The Kier molecular flexibility index (Phi) is 2.63. The quantitative estimate of drug-likeness (QED) is 0.550. The largest absolute Gasteiger partial charge is 0.505 e. The van der Waals surface area contributed by atoms with Crippen LogP contribution in [0.5, 0.6) is 11.5 Å². The van der Waals surface area contributed by atoms with Crippen molar-refractivity contribution >= 4 is 18.2 Å². The van der Waals surface area contributed by atoms with Crippen LogP contribution in [-0.4, -0.2) is 17.5 Å². The first-order valence-electron chi connectivity index (χ1n) is 4.68. The van der Waals surface area contributed by atoms with Crippen molar-refractivity contribution in [1.82, 2.24) is 0 Å². The molecule has 0 spiro atoms. The van der Waals surface area contributed by atoms with E-state index in [1.54, 1.807) is 12.1 Å². The fourth-order valence-electron chi connectivity index (χ4n) is 1.39. The molecular formula is C12H10BO2. The molecule has 0 saturated carbocycles. The van der Waals surface area contributed by atoms with Crippen LogP contribution in [0.2, 0.25) is 0 Å². The molecular weight excluding hydrogens is 187 g/mol. The van der Waals surface area contributed by atoms with Gasteiger partial charge in [0.05, 0.1) is 0 Å². The summed E-state index contributed by atoms with van der Waals surface area (Å²) in [4.78, 5) is 0. The van der Waals surface area contributed by atoms with Crippen LogP contribution in [0.1, 0.15) is 0 Å². The molecule has 2 nitrogen and oxygen atoms in total. The van der Waals surface area contributed by atoms with E-state index < -0.39 is 0 Å². The van der Waals surface area contributed by atoms with Crippen molar-refractivity contribution in [2.75, 3.05) is 0 Å². The van der Waals surface area contributed by atoms with E-state index in [0.717, 1.165) is 5.46 Å². The highest BCUT2D eigenvalue weighted by Crippen LogP contribution is 2.19. The van der Waals surface area contributed by atoms with Gasteiger partial charge in [-0.15, -0.1) is 0 Å². The van der Waals surface area contributed by atoms with Crippen molar-refractivity contribution in [1.29, 1.82) is 0 Å². The molecule has 2 aromatic rings. The summed E-state index contributed by atoms with van der Waals surface area (Å²) in [5.74, 6) is -0.180. The minimum Gasteiger partial charge on any atom is -0.505 e. The van der Waals surface area contributed by atoms with Gasteiger partial charge in [-0.25, -0.2) is 0 Å². The average Bonchev–Trinajstić information content (AvgIpc) is 2.26. The van der Waals surface area contributed by atoms with Gasteiger partial charge < -0.3 is 10.2 Å². The molecule has 3 heteroatoms. The predicted octanol–water partition coefficient (Wildman–Crippen LogP) is 0.753. The zero-order chi connectivity index (χ0) is 10.7. The molecule has 0 amide bonds. The fourth-order valence-corrected chi connectivity index (χ4v) is 1.39. The Balaban J connectivity index is 2.29. The summed E-state index contributed by atoms with van der Waals surface area (Å²) in [5, 5.41) is 18.9. The third-order valence-corrected chi connectivity index (χ3v) is 2.17. The first-order valence-corrected chi connectivity index (χ1v) is 4.68. The zero-order valence-electron chi connectivity index (χ0n) is 8.09. The number of para-hydroxylation sites is 1. The van der Waals surface area contributed by atoms with E-state index in [0.29, 0.717) is 5.46 Å². The summed E-state index contributed by atoms with van der Waals surface area (Å²) in [6, 6.07) is 14.5. The molecule has 0 saturated heterocycles. The number of phenols is 2. The van der Waals surface area contributed by atoms with Gasteiger partial charge in [0.1, 0.15) is 0 Å². The summed E-state index contributed by atoms with van der Waals surface area (Å²) in [5.41, 5.74) is 1.60. The predicted molar refractivity (Wildman–Crippen MR) is 61.2 cm³/mol. The van der Waals surface area contributed by atoms with Crippen LogP contribution in [0.3, 0.4) is 0 Å². The maximum absolute atomic E-state index is 9.58. The van der Waals surface area contributed by atoms with E-state index >= 15 is 0 Å². The number of hydrogen-bond acceptors (Lipinski definition) is 2. The second-order valence-corrected chi connectivity index (χ2v) is 3.27. The molecule has 0 unspecified atom stereocenters. The zero-order valence-corrected chi connectivity index (χ0v) is 8.09. The van der Waals surface area contributed by atoms with Gasteiger partial charge >= 0.3 is 0 Å². The van der Waals surface area contributed by atoms with E-state index in [-0.39, 0.29) is 11.5 Å². The number of hydrogen-bond donors (Lipinski definition) is 2. The first-order chi connectivity index (χ1) is 7.27. The molecule has 0 aliphatic rings. The van der Waals surface area contributed by atoms with Gasteiger partial charge in [0, 0.05) is 0 Å². The standard InChI is InChI=1S/C12H10BO2/c14-11-8-4-7-10(12(11)15)13-9-5-2-1-3-6-9/h1-8,14-15H. The maximum Gasteiger partial charge on any atom is 0.196 e. The van der Waals surface area contributed by atoms with Gasteiger partial charge in [-0.05, 0) is 11.5 Å². The number of rotatable bonds is 2. The number of benzene rings is 2. The van der Waals surface area contributed by atoms with Crippen molar-refractivity contribution in [3.05, 3.63) is 48.5 Å². The van der Waals surface area contributed by atoms with E-state index in [4.69, 9.17) is 0 Å². The summed E-state index contributed by atoms with van der Waals surface area (Å²) < 4.78 is 0. The Hall–Kier alpha value is -1.90. The van der Waals surface area contributed by atoms with E-state index in [1.165, 1.54) is 6.07 Å². The molecule has 2 N–H and O–H groups in total. The summed E-state index contributed by atoms with van der Waals surface area (Å²) in [6.45, 7) is 0. The Morgan fingerprint density at radius 3 is 2.27 bits per heavy atom.